The van der Waals surface area contributed by atoms with Gasteiger partial charge in [-0.2, -0.15) is 5.10 Å². The summed E-state index contributed by atoms with van der Waals surface area (Å²) in [7, 11) is 0. The lowest BCUT2D eigenvalue weighted by Gasteiger charge is -2.13. The molecule has 1 amide bonds. The van der Waals surface area contributed by atoms with E-state index >= 15 is 0 Å². The highest BCUT2D eigenvalue weighted by Crippen LogP contribution is 2.20. The van der Waals surface area contributed by atoms with Crippen LogP contribution in [-0.4, -0.2) is 22.6 Å². The summed E-state index contributed by atoms with van der Waals surface area (Å²) in [5.41, 5.74) is 3.28. The van der Waals surface area contributed by atoms with Gasteiger partial charge in [-0.15, -0.1) is 0 Å². The summed E-state index contributed by atoms with van der Waals surface area (Å²) < 4.78 is 0. The maximum atomic E-state index is 12.0. The Morgan fingerprint density at radius 3 is 2.95 bits per heavy atom. The molecule has 0 bridgehead atoms. The van der Waals surface area contributed by atoms with Crippen molar-refractivity contribution in [3.05, 3.63) is 46.1 Å². The standard InChI is InChI=1S/C15H17ClN4O/c16-11-4-1-10(2-5-11)3-6-14(21)18-15-12-9-17-8-7-13(12)19-20-15/h1-2,4-5,17H,3,6-9H2,(H2,18,19,20,21). The summed E-state index contributed by atoms with van der Waals surface area (Å²) in [6.07, 6.45) is 2.04. The van der Waals surface area contributed by atoms with Gasteiger partial charge >= 0.3 is 0 Å². The number of hydrogen-bond donors (Lipinski definition) is 3. The van der Waals surface area contributed by atoms with Gasteiger partial charge in [0, 0.05) is 42.2 Å². The molecule has 0 atom stereocenters. The summed E-state index contributed by atoms with van der Waals surface area (Å²) in [6, 6.07) is 7.56. The second-order valence-electron chi connectivity index (χ2n) is 5.13. The molecular formula is C15H17ClN4O. The van der Waals surface area contributed by atoms with Gasteiger partial charge in [0.15, 0.2) is 5.82 Å². The number of hydrogen-bond acceptors (Lipinski definition) is 3. The van der Waals surface area contributed by atoms with Crippen molar-refractivity contribution in [3.63, 3.8) is 0 Å². The van der Waals surface area contributed by atoms with E-state index in [4.69, 9.17) is 11.6 Å². The second-order valence-corrected chi connectivity index (χ2v) is 5.57. The molecule has 2 aromatic rings. The number of H-pyrrole nitrogens is 1. The molecule has 6 heteroatoms. The molecule has 0 radical (unpaired) electrons. The first kappa shape index (κ1) is 14.1. The van der Waals surface area contributed by atoms with E-state index in [0.717, 1.165) is 36.3 Å². The van der Waals surface area contributed by atoms with E-state index < -0.39 is 0 Å². The molecule has 0 saturated carbocycles. The van der Waals surface area contributed by atoms with E-state index in [0.29, 0.717) is 23.7 Å². The van der Waals surface area contributed by atoms with Crippen molar-refractivity contribution in [2.24, 2.45) is 0 Å². The van der Waals surface area contributed by atoms with Crippen LogP contribution < -0.4 is 10.6 Å². The topological polar surface area (TPSA) is 69.8 Å². The number of nitrogens with zero attached hydrogens (tertiary/aromatic N) is 1. The van der Waals surface area contributed by atoms with Crippen LogP contribution in [0.5, 0.6) is 0 Å². The fourth-order valence-corrected chi connectivity index (χ4v) is 2.56. The molecule has 1 aliphatic rings. The zero-order valence-corrected chi connectivity index (χ0v) is 12.3. The Morgan fingerprint density at radius 2 is 2.14 bits per heavy atom. The number of halogens is 1. The summed E-state index contributed by atoms with van der Waals surface area (Å²) in [5, 5.41) is 14.1. The van der Waals surface area contributed by atoms with E-state index in [1.165, 1.54) is 0 Å². The Bertz CT molecular complexity index is 636. The van der Waals surface area contributed by atoms with Crippen LogP contribution in [0.3, 0.4) is 0 Å². The molecule has 1 aliphatic heterocycles. The van der Waals surface area contributed by atoms with E-state index in [-0.39, 0.29) is 5.91 Å². The Morgan fingerprint density at radius 1 is 1.33 bits per heavy atom. The molecule has 0 aliphatic carbocycles. The van der Waals surface area contributed by atoms with E-state index in [2.05, 4.69) is 20.8 Å². The van der Waals surface area contributed by atoms with Gasteiger partial charge in [0.05, 0.1) is 0 Å². The number of aryl methyl sites for hydroxylation is 1. The molecule has 0 unspecified atom stereocenters. The van der Waals surface area contributed by atoms with E-state index in [1.54, 1.807) is 0 Å². The van der Waals surface area contributed by atoms with Crippen molar-refractivity contribution in [1.29, 1.82) is 0 Å². The number of carbonyl (C=O) groups excluding carboxylic acids is 1. The molecule has 1 aromatic heterocycles. The molecule has 0 fully saturated rings. The first-order chi connectivity index (χ1) is 10.2. The van der Waals surface area contributed by atoms with Crippen molar-refractivity contribution < 1.29 is 4.79 Å². The number of fused-ring (bicyclic) bond motifs is 1. The van der Waals surface area contributed by atoms with Crippen LogP contribution in [0.15, 0.2) is 24.3 Å². The number of rotatable bonds is 4. The van der Waals surface area contributed by atoms with Crippen LogP contribution in [0.4, 0.5) is 5.82 Å². The van der Waals surface area contributed by atoms with Gasteiger partial charge in [0.2, 0.25) is 5.91 Å². The normalized spacial score (nSPS) is 13.8. The fourth-order valence-electron chi connectivity index (χ4n) is 2.43. The van der Waals surface area contributed by atoms with Crippen LogP contribution in [-0.2, 0) is 24.2 Å². The summed E-state index contributed by atoms with van der Waals surface area (Å²) in [4.78, 5) is 12.0. The summed E-state index contributed by atoms with van der Waals surface area (Å²) in [5.74, 6) is 0.628. The second kappa shape index (κ2) is 6.28. The smallest absolute Gasteiger partial charge is 0.225 e. The van der Waals surface area contributed by atoms with Crippen molar-refractivity contribution >= 4 is 23.3 Å². The largest absolute Gasteiger partial charge is 0.312 e. The molecule has 110 valence electrons. The van der Waals surface area contributed by atoms with Gasteiger partial charge in [-0.3, -0.25) is 9.89 Å². The third-order valence-electron chi connectivity index (χ3n) is 3.62. The van der Waals surface area contributed by atoms with Crippen LogP contribution in [0.25, 0.3) is 0 Å². The van der Waals surface area contributed by atoms with Crippen LogP contribution in [0, 0.1) is 0 Å². The van der Waals surface area contributed by atoms with Gasteiger partial charge in [-0.1, -0.05) is 23.7 Å². The lowest BCUT2D eigenvalue weighted by Crippen LogP contribution is -2.24. The van der Waals surface area contributed by atoms with E-state index in [1.807, 2.05) is 24.3 Å². The third-order valence-corrected chi connectivity index (χ3v) is 3.87. The van der Waals surface area contributed by atoms with E-state index in [9.17, 15) is 4.79 Å². The van der Waals surface area contributed by atoms with Gasteiger partial charge in [0.1, 0.15) is 0 Å². The number of aromatic nitrogens is 2. The minimum atomic E-state index is -0.0233. The summed E-state index contributed by atoms with van der Waals surface area (Å²) >= 11 is 5.84. The first-order valence-electron chi connectivity index (χ1n) is 7.03. The Kier molecular flexibility index (Phi) is 4.22. The SMILES string of the molecule is O=C(CCc1ccc(Cl)cc1)Nc1n[nH]c2c1CNCC2. The maximum Gasteiger partial charge on any atom is 0.225 e. The highest BCUT2D eigenvalue weighted by molar-refractivity contribution is 6.30. The van der Waals surface area contributed by atoms with Gasteiger partial charge in [0.25, 0.3) is 0 Å². The minimum absolute atomic E-state index is 0.0233. The zero-order valence-electron chi connectivity index (χ0n) is 11.6. The number of aromatic amines is 1. The lowest BCUT2D eigenvalue weighted by molar-refractivity contribution is -0.116. The van der Waals surface area contributed by atoms with Crippen LogP contribution in [0.1, 0.15) is 23.2 Å². The Hall–Kier alpha value is -1.85. The quantitative estimate of drug-likeness (QED) is 0.811. The van der Waals surface area contributed by atoms with Gasteiger partial charge in [-0.25, -0.2) is 0 Å². The molecule has 2 heterocycles. The molecule has 3 rings (SSSR count). The van der Waals surface area contributed by atoms with Crippen molar-refractivity contribution in [2.75, 3.05) is 11.9 Å². The van der Waals surface area contributed by atoms with Gasteiger partial charge < -0.3 is 10.6 Å². The van der Waals surface area contributed by atoms with Crippen molar-refractivity contribution in [1.82, 2.24) is 15.5 Å². The number of amides is 1. The highest BCUT2D eigenvalue weighted by Gasteiger charge is 2.17. The maximum absolute atomic E-state index is 12.0. The molecule has 0 spiro atoms. The molecule has 5 nitrogen and oxygen atoms in total. The van der Waals surface area contributed by atoms with Crippen molar-refractivity contribution in [3.8, 4) is 0 Å². The van der Waals surface area contributed by atoms with Crippen LogP contribution >= 0.6 is 11.6 Å². The van der Waals surface area contributed by atoms with Gasteiger partial charge in [-0.05, 0) is 24.1 Å². The monoisotopic (exact) mass is 304 g/mol. The van der Waals surface area contributed by atoms with Crippen LogP contribution in [0.2, 0.25) is 5.02 Å². The zero-order chi connectivity index (χ0) is 14.7. The third kappa shape index (κ3) is 3.43. The predicted octanol–water partition coefficient (Wildman–Crippen LogP) is 2.28. The molecule has 0 saturated heterocycles. The summed E-state index contributed by atoms with van der Waals surface area (Å²) in [6.45, 7) is 1.69. The average molecular weight is 305 g/mol. The Labute approximate surface area is 128 Å². The van der Waals surface area contributed by atoms with Crippen molar-refractivity contribution in [2.45, 2.75) is 25.8 Å². The molecular weight excluding hydrogens is 288 g/mol. The molecule has 1 aromatic carbocycles. The Balaban J connectivity index is 1.57. The highest BCUT2D eigenvalue weighted by atomic mass is 35.5. The molecule has 3 N–H and O–H groups in total. The number of benzene rings is 1. The molecule has 21 heavy (non-hydrogen) atoms. The number of nitrogens with one attached hydrogen (secondary N) is 3. The lowest BCUT2D eigenvalue weighted by atomic mass is 10.1. The first-order valence-corrected chi connectivity index (χ1v) is 7.41. The fraction of sp³-hybridized carbons (Fsp3) is 0.333. The minimum Gasteiger partial charge on any atom is -0.312 e. The predicted molar refractivity (Wildman–Crippen MR) is 82.4 cm³/mol. The number of carbonyl (C=O) groups is 1. The average Bonchev–Trinajstić information content (AvgIpc) is 2.90. The number of anilines is 1.